The lowest BCUT2D eigenvalue weighted by Gasteiger charge is -2.59. The van der Waals surface area contributed by atoms with Gasteiger partial charge in [-0.1, -0.05) is 95.2 Å². The van der Waals surface area contributed by atoms with Crippen molar-refractivity contribution < 1.29 is 0 Å². The third-order valence-electron chi connectivity index (χ3n) is 10.9. The summed E-state index contributed by atoms with van der Waals surface area (Å²) >= 11 is 0. The number of nitrogens with zero attached hydrogens (tertiary/aromatic N) is 1. The highest BCUT2D eigenvalue weighted by atomic mass is 28.3. The first kappa shape index (κ1) is 24.2. The molecule has 190 valence electrons. The highest BCUT2D eigenvalue weighted by Gasteiger charge is 2.57. The topological polar surface area (TPSA) is 3.24 Å². The molecule has 3 atom stereocenters. The quantitative estimate of drug-likeness (QED) is 0.384. The third-order valence-corrected chi connectivity index (χ3v) is 17.4. The van der Waals surface area contributed by atoms with Crippen molar-refractivity contribution in [2.24, 2.45) is 11.8 Å². The Morgan fingerprint density at radius 3 is 2.23 bits per heavy atom. The van der Waals surface area contributed by atoms with Crippen molar-refractivity contribution in [1.82, 2.24) is 4.57 Å². The number of hydrogen-bond acceptors (Lipinski definition) is 1. The molecule has 0 bridgehead atoms. The Hall–Kier alpha value is -1.12. The molecule has 1 aromatic rings. The third kappa shape index (κ3) is 3.80. The van der Waals surface area contributed by atoms with E-state index in [1.807, 2.05) is 0 Å². The summed E-state index contributed by atoms with van der Waals surface area (Å²) in [6.45, 7) is 12.7. The average molecular weight is 488 g/mol. The summed E-state index contributed by atoms with van der Waals surface area (Å²) in [6, 6.07) is 13.3. The van der Waals surface area contributed by atoms with Gasteiger partial charge in [-0.3, -0.25) is 0 Å². The van der Waals surface area contributed by atoms with Gasteiger partial charge in [0.05, 0.1) is 0 Å². The molecule has 0 N–H and O–H groups in total. The lowest BCUT2D eigenvalue weighted by atomic mass is 9.76. The largest absolute Gasteiger partial charge is 0.316 e. The number of allylic oxidation sites excluding steroid dienone is 4. The molecule has 2 heteroatoms. The molecule has 0 aromatic heterocycles. The molecule has 2 saturated carbocycles. The summed E-state index contributed by atoms with van der Waals surface area (Å²) in [7, 11) is -1.62. The Morgan fingerprint density at radius 2 is 1.51 bits per heavy atom. The summed E-state index contributed by atoms with van der Waals surface area (Å²) in [6.07, 6.45) is 20.3. The molecule has 1 saturated heterocycles. The summed E-state index contributed by atoms with van der Waals surface area (Å²) in [5.41, 5.74) is 7.73. The van der Waals surface area contributed by atoms with Crippen LogP contribution in [0.25, 0.3) is 5.57 Å². The van der Waals surface area contributed by atoms with Crippen LogP contribution in [0.1, 0.15) is 110 Å². The lowest BCUT2D eigenvalue weighted by molar-refractivity contribution is 0.134. The van der Waals surface area contributed by atoms with Gasteiger partial charge in [-0.2, -0.15) is 0 Å². The van der Waals surface area contributed by atoms with Crippen LogP contribution in [0.15, 0.2) is 42.0 Å². The molecule has 35 heavy (non-hydrogen) atoms. The van der Waals surface area contributed by atoms with Crippen molar-refractivity contribution >= 4 is 13.8 Å². The Bertz CT molecular complexity index is 1010. The van der Waals surface area contributed by atoms with Gasteiger partial charge >= 0.3 is 0 Å². The van der Waals surface area contributed by atoms with E-state index in [1.165, 1.54) is 69.8 Å². The number of benzene rings is 1. The maximum absolute atomic E-state index is 3.30. The SMILES string of the molecule is CC1(C)C2=CC3CCC([Si]4(N(C5CCCCC5)C(C)(C)C)CCCCC4)C3C=C2c2ccccc21. The van der Waals surface area contributed by atoms with E-state index in [9.17, 15) is 0 Å². The first-order valence-corrected chi connectivity index (χ1v) is 17.5. The van der Waals surface area contributed by atoms with Crippen LogP contribution in [0, 0.1) is 11.8 Å². The van der Waals surface area contributed by atoms with Crippen LogP contribution in [-0.4, -0.2) is 24.4 Å². The smallest absolute Gasteiger partial charge is 0.132 e. The van der Waals surface area contributed by atoms with Crippen LogP contribution >= 0.6 is 0 Å². The molecule has 5 aliphatic rings. The number of rotatable bonds is 3. The van der Waals surface area contributed by atoms with Gasteiger partial charge in [0.25, 0.3) is 0 Å². The standard InChI is InChI=1S/C33H49NSi/c1-32(2,3)34(25-14-8-6-9-15-25)35(20-12-7-13-21-35)31-19-18-24-22-30-28(23-27(24)31)26-16-10-11-17-29(26)33(30,4)5/h10-11,16-17,22-25,27,31H,6-9,12-15,18-21H2,1-5H3. The molecule has 3 unspecified atom stereocenters. The van der Waals surface area contributed by atoms with Gasteiger partial charge in [0.2, 0.25) is 0 Å². The van der Waals surface area contributed by atoms with E-state index in [2.05, 4.69) is 75.6 Å². The van der Waals surface area contributed by atoms with Crippen LogP contribution in [0.2, 0.25) is 17.6 Å². The molecular weight excluding hydrogens is 438 g/mol. The average Bonchev–Trinajstić information content (AvgIpc) is 3.36. The zero-order chi connectivity index (χ0) is 24.4. The molecule has 0 amide bonds. The number of hydrogen-bond donors (Lipinski definition) is 0. The Morgan fingerprint density at radius 1 is 0.829 bits per heavy atom. The van der Waals surface area contributed by atoms with Gasteiger partial charge in [0.15, 0.2) is 0 Å². The minimum absolute atomic E-state index is 0.158. The predicted octanol–water partition coefficient (Wildman–Crippen LogP) is 9.26. The molecule has 0 spiro atoms. The number of fused-ring (bicyclic) bond motifs is 4. The second-order valence-corrected chi connectivity index (χ2v) is 18.7. The Balaban J connectivity index is 1.43. The van der Waals surface area contributed by atoms with Crippen molar-refractivity contribution in [2.75, 3.05) is 0 Å². The van der Waals surface area contributed by atoms with Crippen LogP contribution < -0.4 is 0 Å². The monoisotopic (exact) mass is 487 g/mol. The predicted molar refractivity (Wildman–Crippen MR) is 153 cm³/mol. The normalized spacial score (nSPS) is 32.0. The van der Waals surface area contributed by atoms with Gasteiger partial charge < -0.3 is 4.57 Å². The maximum atomic E-state index is 3.30. The van der Waals surface area contributed by atoms with Gasteiger partial charge in [-0.05, 0) is 91.8 Å². The maximum Gasteiger partial charge on any atom is 0.132 e. The van der Waals surface area contributed by atoms with Gasteiger partial charge in [-0.15, -0.1) is 0 Å². The second kappa shape index (κ2) is 8.73. The molecule has 6 rings (SSSR count). The first-order chi connectivity index (χ1) is 16.7. The van der Waals surface area contributed by atoms with Crippen molar-refractivity contribution in [3.8, 4) is 0 Å². The summed E-state index contributed by atoms with van der Waals surface area (Å²) in [5, 5.41) is 0. The van der Waals surface area contributed by atoms with E-state index in [0.29, 0.717) is 5.54 Å². The van der Waals surface area contributed by atoms with Crippen molar-refractivity contribution in [2.45, 2.75) is 133 Å². The van der Waals surface area contributed by atoms with Crippen molar-refractivity contribution in [3.63, 3.8) is 0 Å². The highest BCUT2D eigenvalue weighted by molar-refractivity contribution is 6.79. The molecule has 1 nitrogen and oxygen atoms in total. The minimum atomic E-state index is -1.62. The van der Waals surface area contributed by atoms with Crippen LogP contribution in [-0.2, 0) is 5.41 Å². The molecule has 3 fully saturated rings. The van der Waals surface area contributed by atoms with Crippen LogP contribution in [0.5, 0.6) is 0 Å². The molecule has 1 heterocycles. The minimum Gasteiger partial charge on any atom is -0.316 e. The molecular formula is C33H49NSi. The van der Waals surface area contributed by atoms with Crippen LogP contribution in [0.4, 0.5) is 0 Å². The van der Waals surface area contributed by atoms with E-state index < -0.39 is 8.24 Å². The van der Waals surface area contributed by atoms with Gasteiger partial charge in [-0.25, -0.2) is 0 Å². The van der Waals surface area contributed by atoms with E-state index in [4.69, 9.17) is 0 Å². The first-order valence-electron chi connectivity index (χ1n) is 15.1. The Kier molecular flexibility index (Phi) is 6.04. The highest BCUT2D eigenvalue weighted by Crippen LogP contribution is 2.61. The summed E-state index contributed by atoms with van der Waals surface area (Å²) in [5.74, 6) is 1.54. The lowest BCUT2D eigenvalue weighted by Crippen LogP contribution is -2.68. The van der Waals surface area contributed by atoms with Gasteiger partial charge in [0.1, 0.15) is 8.24 Å². The van der Waals surface area contributed by atoms with E-state index >= 15 is 0 Å². The fourth-order valence-corrected chi connectivity index (χ4v) is 17.4. The van der Waals surface area contributed by atoms with E-state index in [0.717, 1.165) is 23.4 Å². The fraction of sp³-hybridized carbons (Fsp3) is 0.697. The molecule has 4 aliphatic carbocycles. The zero-order valence-corrected chi connectivity index (χ0v) is 24.2. The van der Waals surface area contributed by atoms with Crippen molar-refractivity contribution in [3.05, 3.63) is 53.1 Å². The summed E-state index contributed by atoms with van der Waals surface area (Å²) < 4.78 is 3.30. The van der Waals surface area contributed by atoms with Crippen molar-refractivity contribution in [1.29, 1.82) is 0 Å². The Labute approximate surface area is 216 Å². The van der Waals surface area contributed by atoms with Gasteiger partial charge in [0, 0.05) is 17.0 Å². The molecule has 1 aliphatic heterocycles. The second-order valence-electron chi connectivity index (χ2n) is 14.3. The van der Waals surface area contributed by atoms with Crippen LogP contribution in [0.3, 0.4) is 0 Å². The summed E-state index contributed by atoms with van der Waals surface area (Å²) in [4.78, 5) is 0. The molecule has 0 radical (unpaired) electrons. The zero-order valence-electron chi connectivity index (χ0n) is 23.2. The molecule has 1 aromatic carbocycles. The fourth-order valence-electron chi connectivity index (χ4n) is 9.76. The van der Waals surface area contributed by atoms with E-state index in [-0.39, 0.29) is 5.41 Å². The van der Waals surface area contributed by atoms with E-state index in [1.54, 1.807) is 28.8 Å².